The van der Waals surface area contributed by atoms with Crippen LogP contribution < -0.4 is 5.73 Å². The highest BCUT2D eigenvalue weighted by Crippen LogP contribution is 2.29. The summed E-state index contributed by atoms with van der Waals surface area (Å²) in [6, 6.07) is 7.27. The quantitative estimate of drug-likeness (QED) is 0.781. The number of hydrogen-bond acceptors (Lipinski definition) is 2. The summed E-state index contributed by atoms with van der Waals surface area (Å²) in [6.07, 6.45) is 0.511. The number of benzene rings is 1. The lowest BCUT2D eigenvalue weighted by Crippen LogP contribution is -2.25. The monoisotopic (exact) mass is 199 g/mol. The molecule has 0 spiro atoms. The van der Waals surface area contributed by atoms with E-state index in [0.717, 1.165) is 5.56 Å². The van der Waals surface area contributed by atoms with Gasteiger partial charge in [-0.3, -0.25) is 0 Å². The van der Waals surface area contributed by atoms with Gasteiger partial charge in [0.2, 0.25) is 0 Å². The van der Waals surface area contributed by atoms with Crippen molar-refractivity contribution in [2.45, 2.75) is 18.9 Å². The summed E-state index contributed by atoms with van der Waals surface area (Å²) >= 11 is 5.94. The molecule has 1 unspecified atom stereocenters. The Bertz CT molecular complexity index is 286. The summed E-state index contributed by atoms with van der Waals surface area (Å²) in [5.74, 6) is 0. The molecule has 72 valence electrons. The van der Waals surface area contributed by atoms with Crippen LogP contribution in [0.3, 0.4) is 0 Å². The minimum absolute atomic E-state index is 0.443. The summed E-state index contributed by atoms with van der Waals surface area (Å²) < 4.78 is 0. The zero-order valence-corrected chi connectivity index (χ0v) is 8.38. The van der Waals surface area contributed by atoms with Gasteiger partial charge in [-0.25, -0.2) is 0 Å². The van der Waals surface area contributed by atoms with Gasteiger partial charge in [0.05, 0.1) is 5.60 Å². The highest BCUT2D eigenvalue weighted by molar-refractivity contribution is 6.31. The van der Waals surface area contributed by atoms with E-state index in [4.69, 9.17) is 17.3 Å². The second kappa shape index (κ2) is 4.09. The van der Waals surface area contributed by atoms with E-state index in [1.165, 1.54) is 0 Å². The Morgan fingerprint density at radius 2 is 2.08 bits per heavy atom. The number of hydrogen-bond donors (Lipinski definition) is 2. The first-order valence-electron chi connectivity index (χ1n) is 4.25. The van der Waals surface area contributed by atoms with Crippen LogP contribution in [-0.2, 0) is 5.60 Å². The minimum Gasteiger partial charge on any atom is -0.385 e. The fourth-order valence-electron chi connectivity index (χ4n) is 1.31. The predicted octanol–water partition coefficient (Wildman–Crippen LogP) is 1.90. The number of aliphatic hydroxyl groups is 1. The molecule has 1 aromatic carbocycles. The molecular weight excluding hydrogens is 186 g/mol. The Morgan fingerprint density at radius 3 is 2.62 bits per heavy atom. The Kier molecular flexibility index (Phi) is 3.31. The molecule has 0 aliphatic rings. The summed E-state index contributed by atoms with van der Waals surface area (Å²) in [4.78, 5) is 0. The highest BCUT2D eigenvalue weighted by Gasteiger charge is 2.23. The first-order chi connectivity index (χ1) is 6.08. The van der Waals surface area contributed by atoms with Crippen molar-refractivity contribution in [3.05, 3.63) is 34.9 Å². The average Bonchev–Trinajstić information content (AvgIpc) is 2.04. The minimum atomic E-state index is -0.924. The second-order valence-electron chi connectivity index (χ2n) is 3.29. The number of rotatable bonds is 3. The maximum absolute atomic E-state index is 10.0. The maximum Gasteiger partial charge on any atom is 0.0894 e. The Labute approximate surface area is 83.3 Å². The Hall–Kier alpha value is -0.570. The van der Waals surface area contributed by atoms with Crippen LogP contribution in [0.4, 0.5) is 0 Å². The smallest absolute Gasteiger partial charge is 0.0894 e. The van der Waals surface area contributed by atoms with Crippen LogP contribution in [-0.4, -0.2) is 11.7 Å². The molecule has 0 saturated carbocycles. The molecule has 2 nitrogen and oxygen atoms in total. The van der Waals surface area contributed by atoms with Gasteiger partial charge in [0, 0.05) is 10.6 Å². The molecule has 0 bridgehead atoms. The third-order valence-electron chi connectivity index (χ3n) is 2.09. The number of nitrogens with two attached hydrogens (primary N) is 1. The first-order valence-corrected chi connectivity index (χ1v) is 4.63. The topological polar surface area (TPSA) is 46.2 Å². The molecule has 3 heteroatoms. The zero-order valence-electron chi connectivity index (χ0n) is 7.63. The molecule has 1 rings (SSSR count). The molecule has 0 saturated heterocycles. The van der Waals surface area contributed by atoms with Gasteiger partial charge in [-0.05, 0) is 26.0 Å². The molecule has 0 aliphatic heterocycles. The van der Waals surface area contributed by atoms with Crippen LogP contribution in [0.1, 0.15) is 18.9 Å². The molecule has 3 N–H and O–H groups in total. The second-order valence-corrected chi connectivity index (χ2v) is 3.70. The van der Waals surface area contributed by atoms with Gasteiger partial charge in [0.15, 0.2) is 0 Å². The molecular formula is C10H14ClNO. The summed E-state index contributed by atoms with van der Waals surface area (Å²) in [5, 5.41) is 10.6. The van der Waals surface area contributed by atoms with Crippen LogP contribution in [0.5, 0.6) is 0 Å². The fraction of sp³-hybridized carbons (Fsp3) is 0.400. The van der Waals surface area contributed by atoms with Crippen LogP contribution >= 0.6 is 11.6 Å². The van der Waals surface area contributed by atoms with Crippen molar-refractivity contribution in [2.75, 3.05) is 6.54 Å². The van der Waals surface area contributed by atoms with E-state index in [1.54, 1.807) is 13.0 Å². The molecule has 0 aliphatic carbocycles. The zero-order chi connectivity index (χ0) is 9.90. The van der Waals surface area contributed by atoms with Gasteiger partial charge in [-0.2, -0.15) is 0 Å². The lowest BCUT2D eigenvalue weighted by Gasteiger charge is -2.23. The van der Waals surface area contributed by atoms with Crippen molar-refractivity contribution < 1.29 is 5.11 Å². The SMILES string of the molecule is CC(O)(CCN)c1ccccc1Cl. The van der Waals surface area contributed by atoms with E-state index in [1.807, 2.05) is 18.2 Å². The van der Waals surface area contributed by atoms with E-state index < -0.39 is 5.60 Å². The van der Waals surface area contributed by atoms with Gasteiger partial charge in [-0.15, -0.1) is 0 Å². The average molecular weight is 200 g/mol. The van der Waals surface area contributed by atoms with Gasteiger partial charge in [0.1, 0.15) is 0 Å². The molecule has 0 heterocycles. The summed E-state index contributed by atoms with van der Waals surface area (Å²) in [7, 11) is 0. The lowest BCUT2D eigenvalue weighted by molar-refractivity contribution is 0.0505. The molecule has 0 radical (unpaired) electrons. The van der Waals surface area contributed by atoms with Crippen molar-refractivity contribution in [3.63, 3.8) is 0 Å². The highest BCUT2D eigenvalue weighted by atomic mass is 35.5. The van der Waals surface area contributed by atoms with Crippen molar-refractivity contribution in [1.29, 1.82) is 0 Å². The normalized spacial score (nSPS) is 15.4. The molecule has 1 atom stereocenters. The molecule has 0 aromatic heterocycles. The third-order valence-corrected chi connectivity index (χ3v) is 2.41. The summed E-state index contributed by atoms with van der Waals surface area (Å²) in [6.45, 7) is 2.17. The van der Waals surface area contributed by atoms with Crippen LogP contribution in [0.2, 0.25) is 5.02 Å². The molecule has 1 aromatic rings. The standard InChI is InChI=1S/C10H14ClNO/c1-10(13,6-7-12)8-4-2-3-5-9(8)11/h2-5,13H,6-7,12H2,1H3. The Morgan fingerprint density at radius 1 is 1.46 bits per heavy atom. The van der Waals surface area contributed by atoms with E-state index in [2.05, 4.69) is 0 Å². The van der Waals surface area contributed by atoms with Gasteiger partial charge in [-0.1, -0.05) is 29.8 Å². The van der Waals surface area contributed by atoms with Crippen LogP contribution in [0, 0.1) is 0 Å². The van der Waals surface area contributed by atoms with E-state index in [9.17, 15) is 5.11 Å². The van der Waals surface area contributed by atoms with Crippen molar-refractivity contribution in [1.82, 2.24) is 0 Å². The van der Waals surface area contributed by atoms with E-state index in [0.29, 0.717) is 18.0 Å². The molecule has 0 fully saturated rings. The summed E-state index contributed by atoms with van der Waals surface area (Å²) in [5.41, 5.74) is 5.21. The van der Waals surface area contributed by atoms with Crippen molar-refractivity contribution in [3.8, 4) is 0 Å². The van der Waals surface area contributed by atoms with Crippen LogP contribution in [0.15, 0.2) is 24.3 Å². The van der Waals surface area contributed by atoms with E-state index in [-0.39, 0.29) is 0 Å². The largest absolute Gasteiger partial charge is 0.385 e. The molecule has 13 heavy (non-hydrogen) atoms. The Balaban J connectivity index is 2.99. The van der Waals surface area contributed by atoms with Crippen molar-refractivity contribution >= 4 is 11.6 Å². The molecule has 0 amide bonds. The van der Waals surface area contributed by atoms with Gasteiger partial charge < -0.3 is 10.8 Å². The predicted molar refractivity (Wildman–Crippen MR) is 54.7 cm³/mol. The van der Waals surface area contributed by atoms with Crippen molar-refractivity contribution in [2.24, 2.45) is 5.73 Å². The number of halogens is 1. The fourth-order valence-corrected chi connectivity index (χ4v) is 1.65. The first kappa shape index (κ1) is 10.5. The van der Waals surface area contributed by atoms with Crippen LogP contribution in [0.25, 0.3) is 0 Å². The van der Waals surface area contributed by atoms with Gasteiger partial charge >= 0.3 is 0 Å². The maximum atomic E-state index is 10.0. The third kappa shape index (κ3) is 2.44. The van der Waals surface area contributed by atoms with E-state index >= 15 is 0 Å². The lowest BCUT2D eigenvalue weighted by atomic mass is 9.93. The van der Waals surface area contributed by atoms with Gasteiger partial charge in [0.25, 0.3) is 0 Å².